The van der Waals surface area contributed by atoms with E-state index in [1.165, 1.54) is 24.3 Å². The molecule has 6 rings (SSSR count). The molecule has 0 atom stereocenters. The fraction of sp³-hybridized carbons (Fsp3) is 0.235. The van der Waals surface area contributed by atoms with Crippen molar-refractivity contribution in [2.45, 2.75) is 10.5 Å². The number of anilines is 3. The number of rotatable bonds is 12. The largest absolute Gasteiger partial charge is 0.328 e. The van der Waals surface area contributed by atoms with E-state index in [1.807, 2.05) is 77.7 Å². The van der Waals surface area contributed by atoms with E-state index in [1.54, 1.807) is 41.3 Å². The summed E-state index contributed by atoms with van der Waals surface area (Å²) in [7, 11) is -7.39. The van der Waals surface area contributed by atoms with Gasteiger partial charge in [-0.1, -0.05) is 66.8 Å². The van der Waals surface area contributed by atoms with Gasteiger partial charge in [0.05, 0.1) is 11.4 Å². The fourth-order valence-corrected chi connectivity index (χ4v) is 8.41. The molecule has 0 saturated carbocycles. The van der Waals surface area contributed by atoms with Gasteiger partial charge in [0.25, 0.3) is 24.3 Å². The minimum absolute atomic E-state index is 0.0635. The van der Waals surface area contributed by atoms with E-state index in [4.69, 9.17) is 0 Å². The Labute approximate surface area is 314 Å². The molecule has 3 aromatic carbocycles. The molecule has 0 spiro atoms. The highest BCUT2D eigenvalue weighted by Crippen LogP contribution is 2.41. The van der Waals surface area contributed by atoms with Crippen LogP contribution >= 0.6 is 0 Å². The van der Waals surface area contributed by atoms with Crippen LogP contribution in [0.25, 0.3) is 6.08 Å². The Morgan fingerprint density at radius 2 is 1.15 bits per heavy atom. The van der Waals surface area contributed by atoms with E-state index in [2.05, 4.69) is 42.3 Å². The molecule has 20 heteroatoms. The quantitative estimate of drug-likeness (QED) is 0.124. The molecule has 2 aliphatic heterocycles. The van der Waals surface area contributed by atoms with Crippen molar-refractivity contribution in [2.24, 2.45) is 9.98 Å². The number of guanidine groups is 2. The summed E-state index contributed by atoms with van der Waals surface area (Å²) in [5.41, 5.74) is 15.2. The number of benzene rings is 3. The molecular formula is C34H42N12O6S2. The Bertz CT molecular complexity index is 2130. The van der Waals surface area contributed by atoms with Gasteiger partial charge in [-0.3, -0.25) is 30.8 Å². The summed E-state index contributed by atoms with van der Waals surface area (Å²) in [4.78, 5) is 9.13. The van der Waals surface area contributed by atoms with Crippen molar-refractivity contribution in [1.82, 2.24) is 36.2 Å². The summed E-state index contributed by atoms with van der Waals surface area (Å²) >= 11 is 0. The van der Waals surface area contributed by atoms with Crippen molar-refractivity contribution >= 4 is 55.3 Å². The smallest absolute Gasteiger partial charge is 0.292 e. The maximum Gasteiger partial charge on any atom is 0.292 e. The monoisotopic (exact) mass is 778 g/mol. The van der Waals surface area contributed by atoms with Gasteiger partial charge in [0.1, 0.15) is 26.7 Å². The first-order valence-electron chi connectivity index (χ1n) is 16.7. The lowest BCUT2D eigenvalue weighted by atomic mass is 9.99. The topological polar surface area (TPSA) is 219 Å². The number of hydrogen-bond donors (Lipinski definition) is 8. The number of aliphatic imine (C=N–C) groups is 2. The van der Waals surface area contributed by atoms with E-state index in [0.717, 1.165) is 11.4 Å². The van der Waals surface area contributed by atoms with Crippen molar-refractivity contribution in [3.05, 3.63) is 120 Å². The Morgan fingerprint density at radius 3 is 1.63 bits per heavy atom. The molecule has 286 valence electrons. The van der Waals surface area contributed by atoms with E-state index in [-0.39, 0.29) is 30.6 Å². The molecule has 2 heterocycles. The van der Waals surface area contributed by atoms with Gasteiger partial charge >= 0.3 is 0 Å². The number of hydrogen-bond acceptors (Lipinski definition) is 16. The van der Waals surface area contributed by atoms with Gasteiger partial charge in [0.2, 0.25) is 11.9 Å². The lowest BCUT2D eigenvalue weighted by Gasteiger charge is -2.38. The molecule has 54 heavy (non-hydrogen) atoms. The molecule has 8 N–H and O–H groups in total. The molecule has 0 radical (unpaired) electrons. The Hall–Kier alpha value is -5.32. The number of allylic oxidation sites excluding steroid dienone is 4. The van der Waals surface area contributed by atoms with Crippen LogP contribution in [0.5, 0.6) is 0 Å². The number of hydrazine groups is 4. The highest BCUT2D eigenvalue weighted by molar-refractivity contribution is 8.05. The first-order valence-corrected chi connectivity index (χ1v) is 19.6. The summed E-state index contributed by atoms with van der Waals surface area (Å²) in [5, 5.41) is 13.5. The zero-order chi connectivity index (χ0) is 38.3. The van der Waals surface area contributed by atoms with E-state index in [9.17, 15) is 25.9 Å². The normalized spacial score (nSPS) is 18.4. The lowest BCUT2D eigenvalue weighted by Crippen LogP contribution is -2.57. The molecule has 0 bridgehead atoms. The van der Waals surface area contributed by atoms with E-state index < -0.39 is 30.7 Å². The van der Waals surface area contributed by atoms with E-state index >= 15 is 0 Å². The average Bonchev–Trinajstić information content (AvgIpc) is 3.16. The summed E-state index contributed by atoms with van der Waals surface area (Å²) in [5.74, 6) is 0.815. The molecule has 0 aromatic heterocycles. The van der Waals surface area contributed by atoms with Crippen molar-refractivity contribution in [3.8, 4) is 0 Å². The third kappa shape index (κ3) is 8.72. The van der Waals surface area contributed by atoms with Crippen LogP contribution in [0, 0.1) is 0 Å². The summed E-state index contributed by atoms with van der Waals surface area (Å²) in [6.07, 6.45) is 4.60. The zero-order valence-corrected chi connectivity index (χ0v) is 31.1. The fourth-order valence-electron chi connectivity index (χ4n) is 5.80. The van der Waals surface area contributed by atoms with Crippen LogP contribution in [0.1, 0.15) is 12.0 Å². The highest BCUT2D eigenvalue weighted by Gasteiger charge is 2.58. The van der Waals surface area contributed by atoms with Crippen LogP contribution in [0.4, 0.5) is 17.1 Å². The predicted molar refractivity (Wildman–Crippen MR) is 209 cm³/mol. The van der Waals surface area contributed by atoms with Crippen LogP contribution in [0.15, 0.2) is 124 Å². The number of nitrogens with one attached hydrogen (secondary N) is 6. The molecule has 0 amide bonds. The minimum Gasteiger partial charge on any atom is -0.328 e. The van der Waals surface area contributed by atoms with Gasteiger partial charge in [-0.2, -0.15) is 16.8 Å². The lowest BCUT2D eigenvalue weighted by molar-refractivity contribution is 0.136. The maximum atomic E-state index is 13.0. The van der Waals surface area contributed by atoms with Crippen molar-refractivity contribution in [1.29, 1.82) is 0 Å². The highest BCUT2D eigenvalue weighted by atomic mass is 32.3. The first kappa shape index (κ1) is 38.4. The minimum atomic E-state index is -5.47. The maximum absolute atomic E-state index is 13.0. The van der Waals surface area contributed by atoms with Crippen LogP contribution in [0.3, 0.4) is 0 Å². The van der Waals surface area contributed by atoms with Gasteiger partial charge in [-0.25, -0.2) is 30.0 Å². The second-order valence-corrected chi connectivity index (χ2v) is 15.8. The summed E-state index contributed by atoms with van der Waals surface area (Å²) < 4.78 is 69.8. The summed E-state index contributed by atoms with van der Waals surface area (Å²) in [6, 6.07) is 25.9. The van der Waals surface area contributed by atoms with Crippen LogP contribution in [-0.4, -0.2) is 103 Å². The summed E-state index contributed by atoms with van der Waals surface area (Å²) in [6.45, 7) is 1.39. The van der Waals surface area contributed by atoms with Crippen molar-refractivity contribution in [3.63, 3.8) is 0 Å². The molecular weight excluding hydrogens is 737 g/mol. The Kier molecular flexibility index (Phi) is 11.6. The SMILES string of the molecule is CNN1CN=C(NC2=CC=C(C=Cc3ccc(NC4=NCN(NC)CN4Nc4ccccc4)cc3)C(S(=O)(=O)O)(S(=O)(=O)O)C2)N(Nc2ccccc2)C1. The molecule has 0 unspecified atom stereocenters. The molecule has 3 aliphatic rings. The van der Waals surface area contributed by atoms with Crippen LogP contribution in [-0.2, 0) is 20.2 Å². The second kappa shape index (κ2) is 16.4. The van der Waals surface area contributed by atoms with E-state index in [0.29, 0.717) is 30.5 Å². The number of para-hydroxylation sites is 2. The van der Waals surface area contributed by atoms with Gasteiger partial charge in [0, 0.05) is 17.8 Å². The average molecular weight is 779 g/mol. The standard InChI is InChI=1S/C34H42N12O6S2/c1-35-43-22-37-32(45(24-43)41-29-9-5-3-6-10-29)39-28-18-14-26(15-19-28)13-16-27-17-20-31(21-34(27,53(47,48)49)54(50,51)52)40-33-38-23-44(36-2)25-46(33)42-30-11-7-4-8-12-30/h3-20,35-36,41-42H,21-25H2,1-2H3,(H,37,39)(H,38,40)(H,47,48,49)(H,50,51,52). The predicted octanol–water partition coefficient (Wildman–Crippen LogP) is 2.49. The van der Waals surface area contributed by atoms with Crippen molar-refractivity contribution < 1.29 is 25.9 Å². The number of nitrogens with zero attached hydrogens (tertiary/aromatic N) is 6. The Balaban J connectivity index is 1.23. The van der Waals surface area contributed by atoms with Gasteiger partial charge < -0.3 is 10.6 Å². The van der Waals surface area contributed by atoms with Gasteiger partial charge in [-0.05, 0) is 67.7 Å². The third-order valence-electron chi connectivity index (χ3n) is 8.68. The Morgan fingerprint density at radius 1 is 0.648 bits per heavy atom. The second-order valence-electron chi connectivity index (χ2n) is 12.3. The zero-order valence-electron chi connectivity index (χ0n) is 29.5. The molecule has 0 fully saturated rings. The molecule has 1 aliphatic carbocycles. The van der Waals surface area contributed by atoms with Crippen molar-refractivity contribution in [2.75, 3.05) is 56.9 Å². The van der Waals surface area contributed by atoms with Crippen LogP contribution < -0.4 is 32.3 Å². The third-order valence-corrected chi connectivity index (χ3v) is 12.4. The first-order chi connectivity index (χ1) is 25.9. The van der Waals surface area contributed by atoms with Gasteiger partial charge in [-0.15, -0.1) is 0 Å². The molecule has 0 saturated heterocycles. The molecule has 3 aromatic rings. The molecule has 18 nitrogen and oxygen atoms in total. The van der Waals surface area contributed by atoms with Gasteiger partial charge in [0.15, 0.2) is 0 Å². The van der Waals surface area contributed by atoms with Crippen LogP contribution in [0.2, 0.25) is 0 Å².